The Morgan fingerprint density at radius 3 is 2.22 bits per heavy atom. The van der Waals surface area contributed by atoms with Gasteiger partial charge in [-0.3, -0.25) is 23.5 Å². The first-order valence-electron chi connectivity index (χ1n) is 15.1. The normalized spacial score (nSPS) is 18.1. The average molecular weight is 682 g/mol. The van der Waals surface area contributed by atoms with Gasteiger partial charge >= 0.3 is 15.2 Å². The Bertz CT molecular complexity index is 1490. The van der Waals surface area contributed by atoms with Crippen LogP contribution in [0.2, 0.25) is 0 Å². The SMILES string of the molecule is CC(=O)N[C@@H](Cc1ccc(C(P(=O)(O)O)P(=O)(O)O)cc1)C(=O)N[C@H]1CCCOc2cc(OCC3CCCCC3)c(C(N)=O)cc21. The van der Waals surface area contributed by atoms with Crippen molar-refractivity contribution in [1.82, 2.24) is 10.6 Å². The molecule has 1 aliphatic heterocycles. The van der Waals surface area contributed by atoms with Crippen molar-refractivity contribution in [2.24, 2.45) is 11.7 Å². The monoisotopic (exact) mass is 681 g/mol. The molecule has 3 amide bonds. The van der Waals surface area contributed by atoms with Crippen molar-refractivity contribution in [2.45, 2.75) is 75.8 Å². The summed E-state index contributed by atoms with van der Waals surface area (Å²) in [7, 11) is -10.4. The van der Waals surface area contributed by atoms with Crippen molar-refractivity contribution < 1.29 is 52.6 Å². The lowest BCUT2D eigenvalue weighted by atomic mass is 9.90. The highest BCUT2D eigenvalue weighted by atomic mass is 31.2. The maximum atomic E-state index is 13.6. The van der Waals surface area contributed by atoms with Crippen LogP contribution in [-0.2, 0) is 25.1 Å². The number of nitrogens with one attached hydrogen (secondary N) is 2. The third kappa shape index (κ3) is 9.40. The fourth-order valence-electron chi connectivity index (χ4n) is 6.00. The summed E-state index contributed by atoms with van der Waals surface area (Å²) < 4.78 is 35.6. The van der Waals surface area contributed by atoms with Crippen molar-refractivity contribution in [3.63, 3.8) is 0 Å². The van der Waals surface area contributed by atoms with Gasteiger partial charge in [-0.25, -0.2) is 0 Å². The van der Waals surface area contributed by atoms with E-state index in [9.17, 15) is 43.1 Å². The van der Waals surface area contributed by atoms with E-state index in [1.54, 1.807) is 12.1 Å². The van der Waals surface area contributed by atoms with E-state index >= 15 is 0 Å². The fraction of sp³-hybridized carbons (Fsp3) is 0.500. The first-order chi connectivity index (χ1) is 21.6. The van der Waals surface area contributed by atoms with E-state index in [2.05, 4.69) is 10.6 Å². The lowest BCUT2D eigenvalue weighted by Crippen LogP contribution is -2.48. The standard InChI is InChI=1S/C30H41N3O11P2/c1-18(34)32-25(14-19-9-11-21(12-10-19)30(45(37,38)39)46(40,41)42)29(36)33-24-8-5-13-43-26-16-27(23(28(31)35)15-22(24)26)44-17-20-6-3-2-4-7-20/h9-12,15-16,20,24-25,30H,2-8,13-14,17H2,1H3,(H2,31,35)(H,32,34)(H,33,36)(H2,37,38,39)(H2,40,41,42)/t24-,25-/m0/s1. The molecule has 14 nitrogen and oxygen atoms in total. The predicted molar refractivity (Wildman–Crippen MR) is 167 cm³/mol. The van der Waals surface area contributed by atoms with Crippen molar-refractivity contribution in [3.05, 3.63) is 58.7 Å². The molecule has 252 valence electrons. The summed E-state index contributed by atoms with van der Waals surface area (Å²) in [4.78, 5) is 76.2. The number of carbonyl (C=O) groups is 3. The molecule has 16 heteroatoms. The molecule has 0 saturated heterocycles. The molecule has 2 aromatic carbocycles. The number of benzene rings is 2. The van der Waals surface area contributed by atoms with E-state index in [0.717, 1.165) is 25.7 Å². The lowest BCUT2D eigenvalue weighted by Gasteiger charge is -2.25. The summed E-state index contributed by atoms with van der Waals surface area (Å²) >= 11 is 0. The Labute approximate surface area is 266 Å². The number of nitrogens with two attached hydrogens (primary N) is 1. The maximum Gasteiger partial charge on any atom is 0.345 e. The third-order valence-electron chi connectivity index (χ3n) is 8.21. The molecule has 0 spiro atoms. The van der Waals surface area contributed by atoms with Gasteiger partial charge in [0.15, 0.2) is 5.40 Å². The van der Waals surface area contributed by atoms with Gasteiger partial charge in [-0.15, -0.1) is 0 Å². The molecule has 2 aliphatic rings. The molecule has 4 rings (SSSR count). The maximum absolute atomic E-state index is 13.6. The average Bonchev–Trinajstić information content (AvgIpc) is 3.16. The molecule has 2 atom stereocenters. The van der Waals surface area contributed by atoms with Crippen molar-refractivity contribution >= 4 is 32.9 Å². The summed E-state index contributed by atoms with van der Waals surface area (Å²) in [5.41, 5.74) is 6.62. The van der Waals surface area contributed by atoms with E-state index in [-0.39, 0.29) is 17.5 Å². The molecule has 1 heterocycles. The molecule has 8 N–H and O–H groups in total. The topological polar surface area (TPSA) is 235 Å². The van der Waals surface area contributed by atoms with E-state index in [0.29, 0.717) is 54.6 Å². The number of amides is 3. The molecule has 1 saturated carbocycles. The highest BCUT2D eigenvalue weighted by molar-refractivity contribution is 7.70. The Hall–Kier alpha value is -3.25. The lowest BCUT2D eigenvalue weighted by molar-refractivity contribution is -0.128. The number of hydrogen-bond donors (Lipinski definition) is 7. The second-order valence-corrected chi connectivity index (χ2v) is 15.7. The molecule has 0 radical (unpaired) electrons. The summed E-state index contributed by atoms with van der Waals surface area (Å²) in [5.74, 6) is -0.554. The second kappa shape index (κ2) is 15.1. The Balaban J connectivity index is 1.54. The van der Waals surface area contributed by atoms with Crippen molar-refractivity contribution in [1.29, 1.82) is 0 Å². The number of hydrogen-bond acceptors (Lipinski definition) is 7. The van der Waals surface area contributed by atoms with Crippen LogP contribution in [0.3, 0.4) is 0 Å². The smallest absolute Gasteiger partial charge is 0.345 e. The van der Waals surface area contributed by atoms with Crippen LogP contribution in [0.15, 0.2) is 36.4 Å². The quantitative estimate of drug-likeness (QED) is 0.161. The Morgan fingerprint density at radius 1 is 0.978 bits per heavy atom. The molecule has 0 bridgehead atoms. The van der Waals surface area contributed by atoms with Gasteiger partial charge in [-0.1, -0.05) is 43.5 Å². The van der Waals surface area contributed by atoms with Crippen molar-refractivity contribution in [3.8, 4) is 11.5 Å². The minimum absolute atomic E-state index is 0.0429. The Morgan fingerprint density at radius 2 is 1.63 bits per heavy atom. The van der Waals surface area contributed by atoms with Crippen LogP contribution in [0.1, 0.15) is 90.4 Å². The van der Waals surface area contributed by atoms with E-state index in [1.165, 1.54) is 37.6 Å². The van der Waals surface area contributed by atoms with Crippen LogP contribution in [0, 0.1) is 5.92 Å². The summed E-state index contributed by atoms with van der Waals surface area (Å²) in [5, 5.41) is 3.22. The summed E-state index contributed by atoms with van der Waals surface area (Å²) in [6.45, 7) is 2.07. The molecule has 1 aliphatic carbocycles. The molecular weight excluding hydrogens is 640 g/mol. The van der Waals surface area contributed by atoms with Gasteiger partial charge in [0, 0.05) is 25.0 Å². The molecule has 1 fully saturated rings. The second-order valence-electron chi connectivity index (χ2n) is 11.9. The minimum atomic E-state index is -5.20. The van der Waals surface area contributed by atoms with Gasteiger partial charge in [0.05, 0.1) is 24.8 Å². The number of ether oxygens (including phenoxy) is 2. The zero-order chi connectivity index (χ0) is 33.6. The predicted octanol–water partition coefficient (Wildman–Crippen LogP) is 3.18. The molecule has 0 unspecified atom stereocenters. The van der Waals surface area contributed by atoms with Gasteiger partial charge < -0.3 is 45.4 Å². The molecule has 2 aromatic rings. The molecule has 0 aromatic heterocycles. The van der Waals surface area contributed by atoms with E-state index < -0.39 is 50.4 Å². The highest BCUT2D eigenvalue weighted by Crippen LogP contribution is 2.69. The largest absolute Gasteiger partial charge is 0.493 e. The zero-order valence-corrected chi connectivity index (χ0v) is 27.3. The fourth-order valence-corrected chi connectivity index (χ4v) is 8.69. The summed E-state index contributed by atoms with van der Waals surface area (Å²) in [6, 6.07) is 6.62. The van der Waals surface area contributed by atoms with Crippen LogP contribution in [0.25, 0.3) is 0 Å². The Kier molecular flexibility index (Phi) is 11.7. The van der Waals surface area contributed by atoms with Gasteiger partial charge in [-0.2, -0.15) is 0 Å². The highest BCUT2D eigenvalue weighted by Gasteiger charge is 2.44. The molecule has 46 heavy (non-hydrogen) atoms. The number of carbonyl (C=O) groups excluding carboxylic acids is 3. The van der Waals surface area contributed by atoms with Crippen LogP contribution in [0.5, 0.6) is 11.5 Å². The first-order valence-corrected chi connectivity index (χ1v) is 18.5. The summed E-state index contributed by atoms with van der Waals surface area (Å²) in [6.07, 6.45) is 6.61. The number of fused-ring (bicyclic) bond motifs is 1. The van der Waals surface area contributed by atoms with Crippen LogP contribution >= 0.6 is 15.2 Å². The van der Waals surface area contributed by atoms with Crippen LogP contribution < -0.4 is 25.8 Å². The minimum Gasteiger partial charge on any atom is -0.493 e. The van der Waals surface area contributed by atoms with Crippen LogP contribution in [0.4, 0.5) is 0 Å². The molecular formula is C30H41N3O11P2. The van der Waals surface area contributed by atoms with Gasteiger partial charge in [0.1, 0.15) is 17.5 Å². The van der Waals surface area contributed by atoms with E-state index in [1.807, 2.05) is 0 Å². The van der Waals surface area contributed by atoms with E-state index in [4.69, 9.17) is 15.2 Å². The number of rotatable bonds is 12. The zero-order valence-electron chi connectivity index (χ0n) is 25.5. The van der Waals surface area contributed by atoms with Gasteiger partial charge in [-0.05, 0) is 48.8 Å². The van der Waals surface area contributed by atoms with Crippen LogP contribution in [-0.4, -0.2) is 56.6 Å². The van der Waals surface area contributed by atoms with Crippen molar-refractivity contribution in [2.75, 3.05) is 13.2 Å². The third-order valence-corrected chi connectivity index (χ3v) is 11.9. The first kappa shape index (κ1) is 35.6. The van der Waals surface area contributed by atoms with Gasteiger partial charge in [0.25, 0.3) is 5.91 Å². The number of primary amides is 1. The van der Waals surface area contributed by atoms with Gasteiger partial charge in [0.2, 0.25) is 11.8 Å².